The molecule has 1 aliphatic rings. The molecule has 0 bridgehead atoms. The van der Waals surface area contributed by atoms with E-state index in [1.165, 1.54) is 10.3 Å². The number of hydrogen-bond acceptors (Lipinski definition) is 5. The first-order valence-corrected chi connectivity index (χ1v) is 9.49. The van der Waals surface area contributed by atoms with Crippen molar-refractivity contribution in [3.05, 3.63) is 59.1 Å². The summed E-state index contributed by atoms with van der Waals surface area (Å²) in [5.41, 5.74) is 8.51. The largest absolute Gasteiger partial charge is 0.497 e. The van der Waals surface area contributed by atoms with E-state index in [2.05, 4.69) is 41.3 Å². The number of halogens is 1. The fourth-order valence-corrected chi connectivity index (χ4v) is 4.78. The van der Waals surface area contributed by atoms with Gasteiger partial charge in [-0.15, -0.1) is 23.7 Å². The van der Waals surface area contributed by atoms with Crippen molar-refractivity contribution < 1.29 is 4.74 Å². The van der Waals surface area contributed by atoms with Crippen molar-refractivity contribution in [2.45, 2.75) is 12.5 Å². The average Bonchev–Trinajstić information content (AvgIpc) is 3.25. The first-order valence-electron chi connectivity index (χ1n) is 8.67. The Balaban J connectivity index is 0.00000196. The number of ether oxygens (including phenoxy) is 1. The highest BCUT2D eigenvalue weighted by Crippen LogP contribution is 2.34. The van der Waals surface area contributed by atoms with Crippen LogP contribution in [0.3, 0.4) is 0 Å². The van der Waals surface area contributed by atoms with Gasteiger partial charge in [-0.3, -0.25) is 4.90 Å². The molecule has 0 spiro atoms. The second-order valence-corrected chi connectivity index (χ2v) is 7.76. The molecule has 1 saturated heterocycles. The number of thiazole rings is 1. The zero-order chi connectivity index (χ0) is 17.2. The predicted octanol–water partition coefficient (Wildman–Crippen LogP) is 3.90. The molecule has 2 heterocycles. The lowest BCUT2D eigenvalue weighted by molar-refractivity contribution is 0.316. The summed E-state index contributed by atoms with van der Waals surface area (Å²) in [7, 11) is 1.70. The Hall–Kier alpha value is -1.66. The van der Waals surface area contributed by atoms with Crippen LogP contribution >= 0.6 is 23.7 Å². The van der Waals surface area contributed by atoms with Gasteiger partial charge in [0.1, 0.15) is 10.8 Å². The number of nitrogens with two attached hydrogens (primary N) is 1. The van der Waals surface area contributed by atoms with Crippen LogP contribution < -0.4 is 10.5 Å². The molecule has 2 N–H and O–H groups in total. The van der Waals surface area contributed by atoms with Gasteiger partial charge in [0.2, 0.25) is 0 Å². The van der Waals surface area contributed by atoms with Crippen LogP contribution in [0.5, 0.6) is 5.75 Å². The molecule has 2 atom stereocenters. The van der Waals surface area contributed by atoms with Crippen LogP contribution in [-0.4, -0.2) is 36.6 Å². The van der Waals surface area contributed by atoms with Crippen molar-refractivity contribution >= 4 is 34.0 Å². The van der Waals surface area contributed by atoms with Crippen molar-refractivity contribution in [2.24, 2.45) is 11.7 Å². The van der Waals surface area contributed by atoms with Crippen LogP contribution in [0.2, 0.25) is 0 Å². The maximum absolute atomic E-state index is 6.06. The summed E-state index contributed by atoms with van der Waals surface area (Å²) >= 11 is 1.76. The highest BCUT2D eigenvalue weighted by Gasteiger charge is 2.33. The van der Waals surface area contributed by atoms with E-state index >= 15 is 0 Å². The van der Waals surface area contributed by atoms with E-state index in [4.69, 9.17) is 15.5 Å². The van der Waals surface area contributed by atoms with Gasteiger partial charge in [-0.05, 0) is 36.2 Å². The van der Waals surface area contributed by atoms with E-state index in [0.717, 1.165) is 42.5 Å². The lowest BCUT2D eigenvalue weighted by Crippen LogP contribution is -2.23. The molecular weight excluding hydrogens is 366 g/mol. The number of rotatable bonds is 5. The number of benzene rings is 2. The van der Waals surface area contributed by atoms with Crippen LogP contribution in [-0.2, 0) is 6.54 Å². The first-order chi connectivity index (χ1) is 12.3. The number of likely N-dealkylation sites (tertiary alicyclic amines) is 1. The number of hydrogen-bond donors (Lipinski definition) is 1. The number of aromatic nitrogens is 1. The molecule has 0 radical (unpaired) electrons. The van der Waals surface area contributed by atoms with Crippen LogP contribution in [0.4, 0.5) is 0 Å². The van der Waals surface area contributed by atoms with Crippen molar-refractivity contribution in [3.63, 3.8) is 0 Å². The van der Waals surface area contributed by atoms with Gasteiger partial charge in [0.05, 0.1) is 23.9 Å². The molecule has 1 aromatic heterocycles. The Bertz CT molecular complexity index is 855. The van der Waals surface area contributed by atoms with E-state index in [1.807, 2.05) is 12.1 Å². The molecule has 0 saturated carbocycles. The Labute approximate surface area is 164 Å². The quantitative estimate of drug-likeness (QED) is 0.719. The van der Waals surface area contributed by atoms with Gasteiger partial charge < -0.3 is 10.5 Å². The Morgan fingerprint density at radius 1 is 1.19 bits per heavy atom. The van der Waals surface area contributed by atoms with Crippen LogP contribution in [0.25, 0.3) is 10.2 Å². The van der Waals surface area contributed by atoms with Crippen molar-refractivity contribution in [3.8, 4) is 5.75 Å². The van der Waals surface area contributed by atoms with Crippen molar-refractivity contribution in [1.29, 1.82) is 0 Å². The van der Waals surface area contributed by atoms with Gasteiger partial charge in [0.15, 0.2) is 0 Å². The zero-order valence-corrected chi connectivity index (χ0v) is 16.4. The van der Waals surface area contributed by atoms with Crippen LogP contribution in [0.15, 0.2) is 48.5 Å². The fourth-order valence-electron chi connectivity index (χ4n) is 3.74. The molecule has 1 aliphatic heterocycles. The Morgan fingerprint density at radius 2 is 2.00 bits per heavy atom. The Kier molecular flexibility index (Phi) is 6.14. The summed E-state index contributed by atoms with van der Waals surface area (Å²) < 4.78 is 6.50. The van der Waals surface area contributed by atoms with E-state index < -0.39 is 0 Å². The van der Waals surface area contributed by atoms with Crippen molar-refractivity contribution in [1.82, 2.24) is 9.88 Å². The molecular formula is C20H24ClN3OS. The van der Waals surface area contributed by atoms with Crippen LogP contribution in [0.1, 0.15) is 16.5 Å². The molecule has 4 rings (SSSR count). The lowest BCUT2D eigenvalue weighted by atomic mass is 9.89. The third kappa shape index (κ3) is 3.86. The third-order valence-corrected chi connectivity index (χ3v) is 6.05. The second kappa shape index (κ2) is 8.35. The van der Waals surface area contributed by atoms with E-state index in [-0.39, 0.29) is 12.4 Å². The molecule has 0 aliphatic carbocycles. The smallest absolute Gasteiger partial charge is 0.120 e. The molecule has 2 aromatic carbocycles. The van der Waals surface area contributed by atoms with Gasteiger partial charge >= 0.3 is 0 Å². The highest BCUT2D eigenvalue weighted by molar-refractivity contribution is 7.18. The highest BCUT2D eigenvalue weighted by atomic mass is 35.5. The number of methoxy groups -OCH3 is 1. The molecule has 4 nitrogen and oxygen atoms in total. The monoisotopic (exact) mass is 389 g/mol. The molecule has 3 aromatic rings. The molecule has 138 valence electrons. The number of nitrogens with zero attached hydrogens (tertiary/aromatic N) is 2. The second-order valence-electron chi connectivity index (χ2n) is 6.65. The average molecular weight is 390 g/mol. The van der Waals surface area contributed by atoms with Crippen LogP contribution in [0, 0.1) is 5.92 Å². The summed E-state index contributed by atoms with van der Waals surface area (Å²) in [6.45, 7) is 3.70. The Morgan fingerprint density at radius 3 is 2.73 bits per heavy atom. The molecule has 1 fully saturated rings. The lowest BCUT2D eigenvalue weighted by Gasteiger charge is -2.16. The summed E-state index contributed by atoms with van der Waals surface area (Å²) in [4.78, 5) is 7.28. The molecule has 0 unspecified atom stereocenters. The normalized spacial score (nSPS) is 20.2. The minimum atomic E-state index is 0. The molecule has 6 heteroatoms. The minimum absolute atomic E-state index is 0. The SMILES string of the molecule is COc1ccc2nc(CN3C[C@@H](CN)[C@H](c4ccccc4)C3)sc2c1.Cl. The third-order valence-electron chi connectivity index (χ3n) is 5.05. The van der Waals surface area contributed by atoms with Gasteiger partial charge in [-0.25, -0.2) is 4.98 Å². The van der Waals surface area contributed by atoms with Gasteiger partial charge in [-0.2, -0.15) is 0 Å². The summed E-state index contributed by atoms with van der Waals surface area (Å²) in [6.07, 6.45) is 0. The van der Waals surface area contributed by atoms with Gasteiger partial charge in [-0.1, -0.05) is 30.3 Å². The minimum Gasteiger partial charge on any atom is -0.497 e. The maximum Gasteiger partial charge on any atom is 0.120 e. The summed E-state index contributed by atoms with van der Waals surface area (Å²) in [5, 5.41) is 1.16. The van der Waals surface area contributed by atoms with Gasteiger partial charge in [0, 0.05) is 19.0 Å². The number of fused-ring (bicyclic) bond motifs is 1. The molecule has 0 amide bonds. The fraction of sp³-hybridized carbons (Fsp3) is 0.350. The first kappa shape index (κ1) is 19.1. The topological polar surface area (TPSA) is 51.4 Å². The van der Waals surface area contributed by atoms with Crippen molar-refractivity contribution in [2.75, 3.05) is 26.7 Å². The molecule has 26 heavy (non-hydrogen) atoms. The predicted molar refractivity (Wildman–Crippen MR) is 110 cm³/mol. The van der Waals surface area contributed by atoms with E-state index in [1.54, 1.807) is 18.4 Å². The zero-order valence-electron chi connectivity index (χ0n) is 14.8. The maximum atomic E-state index is 6.06. The summed E-state index contributed by atoms with van der Waals surface area (Å²) in [5.74, 6) is 1.91. The van der Waals surface area contributed by atoms with Gasteiger partial charge in [0.25, 0.3) is 0 Å². The summed E-state index contributed by atoms with van der Waals surface area (Å²) in [6, 6.07) is 16.8. The van der Waals surface area contributed by atoms with E-state index in [9.17, 15) is 0 Å². The standard InChI is InChI=1S/C20H23N3OS.ClH/c1-24-16-7-8-18-19(9-16)25-20(22-18)13-23-11-15(10-21)17(12-23)14-5-3-2-4-6-14;/h2-9,15,17H,10-13,21H2,1H3;1H/t15-,17+;/m1./s1. The van der Waals surface area contributed by atoms with E-state index in [0.29, 0.717) is 11.8 Å².